The van der Waals surface area contributed by atoms with Crippen molar-refractivity contribution in [3.05, 3.63) is 64.1 Å². The monoisotopic (exact) mass is 478 g/mol. The van der Waals surface area contributed by atoms with E-state index in [1.165, 1.54) is 12.3 Å². The molecule has 0 radical (unpaired) electrons. The molecule has 5 rings (SSSR count). The standard InChI is InChI=1S/C26H26N2O7/c1-14(2)19-7-15-8-24(34-13-16-12-33-22-5-4-6-27-25(22)35-16)23(32-3)9-17(15)20-10-21(29)18(26(30)31)11-28(19)20/h4-6,8-11,14,16,19H,7,12-13H2,1-3H3,(H,30,31)/t16-,19+/m0/s1. The van der Waals surface area contributed by atoms with E-state index in [1.54, 1.807) is 25.4 Å². The van der Waals surface area contributed by atoms with Crippen molar-refractivity contribution in [3.63, 3.8) is 0 Å². The number of methoxy groups -OCH3 is 1. The molecule has 9 heteroatoms. The summed E-state index contributed by atoms with van der Waals surface area (Å²) in [5.74, 6) is 1.08. The first kappa shape index (κ1) is 22.8. The molecule has 2 aromatic heterocycles. The van der Waals surface area contributed by atoms with E-state index in [4.69, 9.17) is 18.9 Å². The summed E-state index contributed by atoms with van der Waals surface area (Å²) >= 11 is 0. The molecule has 2 aliphatic heterocycles. The number of aromatic carboxylic acids is 1. The number of nitrogens with zero attached hydrogens (tertiary/aromatic N) is 2. The smallest absolute Gasteiger partial charge is 0.341 e. The van der Waals surface area contributed by atoms with Crippen molar-refractivity contribution < 1.29 is 28.8 Å². The number of rotatable bonds is 6. The Morgan fingerprint density at radius 3 is 2.86 bits per heavy atom. The summed E-state index contributed by atoms with van der Waals surface area (Å²) in [4.78, 5) is 28.3. The van der Waals surface area contributed by atoms with Gasteiger partial charge in [-0.15, -0.1) is 0 Å². The number of hydrogen-bond acceptors (Lipinski definition) is 7. The van der Waals surface area contributed by atoms with Crippen LogP contribution in [0.25, 0.3) is 11.3 Å². The maximum atomic E-state index is 12.5. The van der Waals surface area contributed by atoms with Crippen LogP contribution in [0.2, 0.25) is 0 Å². The highest BCUT2D eigenvalue weighted by Crippen LogP contribution is 2.43. The van der Waals surface area contributed by atoms with Gasteiger partial charge in [0, 0.05) is 30.1 Å². The van der Waals surface area contributed by atoms with Crippen LogP contribution in [0.3, 0.4) is 0 Å². The van der Waals surface area contributed by atoms with Crippen LogP contribution in [0, 0.1) is 5.92 Å². The molecule has 3 aromatic rings. The molecule has 1 N–H and O–H groups in total. The minimum Gasteiger partial charge on any atom is -0.493 e. The number of carbonyl (C=O) groups is 1. The van der Waals surface area contributed by atoms with Crippen molar-refractivity contribution in [2.75, 3.05) is 20.3 Å². The zero-order chi connectivity index (χ0) is 24.7. The van der Waals surface area contributed by atoms with Crippen molar-refractivity contribution in [2.45, 2.75) is 32.4 Å². The SMILES string of the molecule is COc1cc2c(cc1OC[C@@H]1COc3cccnc3O1)C[C@H](C(C)C)n1cc(C(=O)O)c(=O)cc1-2. The number of ether oxygens (including phenoxy) is 4. The van der Waals surface area contributed by atoms with Crippen LogP contribution >= 0.6 is 0 Å². The molecular formula is C26H26N2O7. The van der Waals surface area contributed by atoms with E-state index in [9.17, 15) is 14.7 Å². The van der Waals surface area contributed by atoms with Gasteiger partial charge in [-0.3, -0.25) is 4.79 Å². The summed E-state index contributed by atoms with van der Waals surface area (Å²) in [6.45, 7) is 4.72. The van der Waals surface area contributed by atoms with E-state index < -0.39 is 11.4 Å². The highest BCUT2D eigenvalue weighted by molar-refractivity contribution is 5.88. The molecule has 0 saturated heterocycles. The van der Waals surface area contributed by atoms with Gasteiger partial charge in [0.25, 0.3) is 5.88 Å². The third kappa shape index (κ3) is 4.18. The number of carboxylic acid groups (broad SMARTS) is 1. The van der Waals surface area contributed by atoms with Gasteiger partial charge in [0.2, 0.25) is 0 Å². The van der Waals surface area contributed by atoms with E-state index in [0.29, 0.717) is 41.9 Å². The number of benzene rings is 1. The quantitative estimate of drug-likeness (QED) is 0.573. The lowest BCUT2D eigenvalue weighted by Crippen LogP contribution is -2.35. The van der Waals surface area contributed by atoms with Gasteiger partial charge in [-0.1, -0.05) is 13.8 Å². The van der Waals surface area contributed by atoms with E-state index in [0.717, 1.165) is 11.1 Å². The van der Waals surface area contributed by atoms with Crippen LogP contribution in [0.5, 0.6) is 23.1 Å². The highest BCUT2D eigenvalue weighted by Gasteiger charge is 2.30. The second-order valence-electron chi connectivity index (χ2n) is 8.99. The van der Waals surface area contributed by atoms with Crippen LogP contribution in [0.15, 0.2) is 47.5 Å². The van der Waals surface area contributed by atoms with Gasteiger partial charge in [0.1, 0.15) is 18.8 Å². The predicted molar refractivity (Wildman–Crippen MR) is 127 cm³/mol. The van der Waals surface area contributed by atoms with Crippen LogP contribution in [-0.4, -0.2) is 47.1 Å². The lowest BCUT2D eigenvalue weighted by molar-refractivity contribution is 0.0480. The van der Waals surface area contributed by atoms with E-state index in [-0.39, 0.29) is 30.2 Å². The minimum atomic E-state index is -1.23. The van der Waals surface area contributed by atoms with Crippen LogP contribution in [0.4, 0.5) is 0 Å². The van der Waals surface area contributed by atoms with E-state index in [1.807, 2.05) is 16.7 Å². The Kier molecular flexibility index (Phi) is 5.84. The zero-order valence-electron chi connectivity index (χ0n) is 19.7. The fourth-order valence-corrected chi connectivity index (χ4v) is 4.58. The summed E-state index contributed by atoms with van der Waals surface area (Å²) in [7, 11) is 1.55. The maximum Gasteiger partial charge on any atom is 0.341 e. The van der Waals surface area contributed by atoms with Gasteiger partial charge in [-0.05, 0) is 42.2 Å². The van der Waals surface area contributed by atoms with Crippen LogP contribution in [0.1, 0.15) is 35.8 Å². The van der Waals surface area contributed by atoms with Crippen LogP contribution in [-0.2, 0) is 6.42 Å². The number of aromatic nitrogens is 2. The summed E-state index contributed by atoms with van der Waals surface area (Å²) in [6, 6.07) is 8.74. The lowest BCUT2D eigenvalue weighted by Gasteiger charge is -2.34. The van der Waals surface area contributed by atoms with Crippen molar-refractivity contribution in [2.24, 2.45) is 5.92 Å². The zero-order valence-corrected chi connectivity index (χ0v) is 19.7. The molecule has 182 valence electrons. The fraction of sp³-hybridized carbons (Fsp3) is 0.346. The Balaban J connectivity index is 1.47. The van der Waals surface area contributed by atoms with Gasteiger partial charge < -0.3 is 28.6 Å². The van der Waals surface area contributed by atoms with Crippen LogP contribution < -0.4 is 24.4 Å². The largest absolute Gasteiger partial charge is 0.493 e. The molecule has 4 heterocycles. The molecule has 1 aromatic carbocycles. The Hall–Kier alpha value is -4.01. The summed E-state index contributed by atoms with van der Waals surface area (Å²) in [5.41, 5.74) is 1.71. The first-order valence-electron chi connectivity index (χ1n) is 11.4. The van der Waals surface area contributed by atoms with Crippen molar-refractivity contribution in [1.82, 2.24) is 9.55 Å². The first-order valence-corrected chi connectivity index (χ1v) is 11.4. The molecule has 0 spiro atoms. The Morgan fingerprint density at radius 1 is 1.29 bits per heavy atom. The second kappa shape index (κ2) is 8.98. The molecule has 0 saturated carbocycles. The van der Waals surface area contributed by atoms with E-state index >= 15 is 0 Å². The maximum absolute atomic E-state index is 12.5. The summed E-state index contributed by atoms with van der Waals surface area (Å²) < 4.78 is 25.2. The summed E-state index contributed by atoms with van der Waals surface area (Å²) in [6.07, 6.45) is 3.42. The molecule has 0 fully saturated rings. The Labute approximate surface area is 201 Å². The van der Waals surface area contributed by atoms with Gasteiger partial charge in [-0.2, -0.15) is 0 Å². The molecule has 35 heavy (non-hydrogen) atoms. The van der Waals surface area contributed by atoms with Crippen molar-refractivity contribution in [3.8, 4) is 34.4 Å². The predicted octanol–water partition coefficient (Wildman–Crippen LogP) is 3.59. The highest BCUT2D eigenvalue weighted by atomic mass is 16.6. The van der Waals surface area contributed by atoms with E-state index in [2.05, 4.69) is 18.8 Å². The lowest BCUT2D eigenvalue weighted by atomic mass is 9.87. The van der Waals surface area contributed by atoms with Gasteiger partial charge in [-0.25, -0.2) is 9.78 Å². The fourth-order valence-electron chi connectivity index (χ4n) is 4.58. The number of fused-ring (bicyclic) bond motifs is 4. The number of carboxylic acids is 1. The van der Waals surface area contributed by atoms with Crippen molar-refractivity contribution >= 4 is 5.97 Å². The molecule has 9 nitrogen and oxygen atoms in total. The Morgan fingerprint density at radius 2 is 2.11 bits per heavy atom. The summed E-state index contributed by atoms with van der Waals surface area (Å²) in [5, 5.41) is 9.45. The molecule has 2 atom stereocenters. The first-order chi connectivity index (χ1) is 16.9. The van der Waals surface area contributed by atoms with Gasteiger partial charge >= 0.3 is 5.97 Å². The molecule has 0 bridgehead atoms. The topological polar surface area (TPSA) is 109 Å². The van der Waals surface area contributed by atoms with Crippen molar-refractivity contribution in [1.29, 1.82) is 0 Å². The average molecular weight is 479 g/mol. The average Bonchev–Trinajstić information content (AvgIpc) is 2.85. The molecule has 0 amide bonds. The molecule has 0 unspecified atom stereocenters. The molecule has 0 aliphatic carbocycles. The Bertz CT molecular complexity index is 1350. The molecular weight excluding hydrogens is 452 g/mol. The normalized spacial score (nSPS) is 17.9. The minimum absolute atomic E-state index is 0.0184. The van der Waals surface area contributed by atoms with Gasteiger partial charge in [0.05, 0.1) is 12.8 Å². The number of hydrogen-bond donors (Lipinski definition) is 1. The third-order valence-electron chi connectivity index (χ3n) is 6.40. The number of pyridine rings is 2. The molecule has 2 aliphatic rings. The third-order valence-corrected chi connectivity index (χ3v) is 6.40. The van der Waals surface area contributed by atoms with Gasteiger partial charge in [0.15, 0.2) is 28.8 Å². The second-order valence-corrected chi connectivity index (χ2v) is 8.99.